The maximum atomic E-state index is 10.6. The summed E-state index contributed by atoms with van der Waals surface area (Å²) < 4.78 is 2.65. The molecule has 1 atom stereocenters. The van der Waals surface area contributed by atoms with Gasteiger partial charge in [0.1, 0.15) is 10.4 Å². The highest BCUT2D eigenvalue weighted by Crippen LogP contribution is 2.22. The predicted octanol–water partition coefficient (Wildman–Crippen LogP) is 2.15. The number of hydrogen-bond acceptors (Lipinski definition) is 2. The van der Waals surface area contributed by atoms with Crippen LogP contribution in [0.3, 0.4) is 0 Å². The van der Waals surface area contributed by atoms with Crippen molar-refractivity contribution in [3.8, 4) is 0 Å². The first kappa shape index (κ1) is 12.0. The maximum absolute atomic E-state index is 10.6. The molecule has 5 nitrogen and oxygen atoms in total. The van der Waals surface area contributed by atoms with Crippen LogP contribution in [-0.4, -0.2) is 20.8 Å². The van der Waals surface area contributed by atoms with Crippen LogP contribution in [0.1, 0.15) is 25.7 Å². The minimum Gasteiger partial charge on any atom is -0.465 e. The molecule has 0 aromatic carbocycles. The van der Waals surface area contributed by atoms with E-state index in [2.05, 4.69) is 26.2 Å². The van der Waals surface area contributed by atoms with Gasteiger partial charge in [0.15, 0.2) is 0 Å². The molecule has 0 saturated carbocycles. The Labute approximate surface area is 96.6 Å². The molecule has 0 saturated heterocycles. The fraction of sp³-hybridized carbons (Fsp3) is 0.556. The van der Waals surface area contributed by atoms with Crippen molar-refractivity contribution in [3.05, 3.63) is 16.6 Å². The Morgan fingerprint density at radius 2 is 2.27 bits per heavy atom. The van der Waals surface area contributed by atoms with Crippen LogP contribution in [0.2, 0.25) is 0 Å². The van der Waals surface area contributed by atoms with E-state index in [0.29, 0.717) is 5.82 Å². The standard InChI is InChI=1S/C9H14BrN3O2/c1-5(2)7(12-9(14)15)8-11-4-6(10)13(8)3/h4-5,7,12H,1-3H3,(H,14,15). The molecule has 1 unspecified atom stereocenters. The Morgan fingerprint density at radius 1 is 1.67 bits per heavy atom. The van der Waals surface area contributed by atoms with Gasteiger partial charge in [0, 0.05) is 7.05 Å². The topological polar surface area (TPSA) is 67.2 Å². The smallest absolute Gasteiger partial charge is 0.405 e. The lowest BCUT2D eigenvalue weighted by molar-refractivity contribution is 0.184. The van der Waals surface area contributed by atoms with Crippen LogP contribution >= 0.6 is 15.9 Å². The normalized spacial score (nSPS) is 12.9. The third-order valence-electron chi connectivity index (χ3n) is 2.19. The molecule has 0 radical (unpaired) electrons. The molecule has 1 aromatic rings. The van der Waals surface area contributed by atoms with E-state index in [4.69, 9.17) is 5.11 Å². The summed E-state index contributed by atoms with van der Waals surface area (Å²) in [7, 11) is 1.84. The van der Waals surface area contributed by atoms with E-state index in [1.54, 1.807) is 6.20 Å². The second-order valence-corrected chi connectivity index (χ2v) is 4.48. The number of carboxylic acid groups (broad SMARTS) is 1. The number of hydrogen-bond donors (Lipinski definition) is 2. The van der Waals surface area contributed by atoms with Crippen molar-refractivity contribution in [3.63, 3.8) is 0 Å². The van der Waals surface area contributed by atoms with Crippen LogP contribution in [-0.2, 0) is 7.05 Å². The zero-order valence-electron chi connectivity index (χ0n) is 8.86. The zero-order valence-corrected chi connectivity index (χ0v) is 10.4. The highest BCUT2D eigenvalue weighted by Gasteiger charge is 2.22. The number of imidazole rings is 1. The zero-order chi connectivity index (χ0) is 11.6. The summed E-state index contributed by atoms with van der Waals surface area (Å²) in [6.07, 6.45) is 0.627. The Hall–Kier alpha value is -1.04. The molecule has 1 aromatic heterocycles. The minimum absolute atomic E-state index is 0.147. The average Bonchev–Trinajstić information content (AvgIpc) is 2.44. The Balaban J connectivity index is 2.99. The predicted molar refractivity (Wildman–Crippen MR) is 59.6 cm³/mol. The van der Waals surface area contributed by atoms with Crippen molar-refractivity contribution in [2.24, 2.45) is 13.0 Å². The Morgan fingerprint density at radius 3 is 2.60 bits per heavy atom. The number of nitrogens with zero attached hydrogens (tertiary/aromatic N) is 2. The van der Waals surface area contributed by atoms with Crippen LogP contribution in [0.25, 0.3) is 0 Å². The highest BCUT2D eigenvalue weighted by molar-refractivity contribution is 9.10. The van der Waals surface area contributed by atoms with Crippen molar-refractivity contribution >= 4 is 22.0 Å². The molecule has 0 aliphatic heterocycles. The van der Waals surface area contributed by atoms with Gasteiger partial charge in [0.25, 0.3) is 0 Å². The molecular weight excluding hydrogens is 262 g/mol. The average molecular weight is 276 g/mol. The highest BCUT2D eigenvalue weighted by atomic mass is 79.9. The molecule has 15 heavy (non-hydrogen) atoms. The van der Waals surface area contributed by atoms with Crippen LogP contribution in [0.5, 0.6) is 0 Å². The van der Waals surface area contributed by atoms with Gasteiger partial charge in [-0.05, 0) is 21.8 Å². The molecule has 6 heteroatoms. The van der Waals surface area contributed by atoms with Crippen LogP contribution < -0.4 is 5.32 Å². The number of halogens is 1. The summed E-state index contributed by atoms with van der Waals surface area (Å²) in [4.78, 5) is 14.8. The summed E-state index contributed by atoms with van der Waals surface area (Å²) in [6, 6.07) is -0.293. The quantitative estimate of drug-likeness (QED) is 0.888. The first-order chi connectivity index (χ1) is 6.93. The van der Waals surface area contributed by atoms with E-state index in [0.717, 1.165) is 4.60 Å². The SMILES string of the molecule is CC(C)C(NC(=O)O)c1ncc(Br)n1C. The van der Waals surface area contributed by atoms with Gasteiger partial charge in [-0.1, -0.05) is 13.8 Å². The number of carbonyl (C=O) groups is 1. The molecular formula is C9H14BrN3O2. The van der Waals surface area contributed by atoms with E-state index in [1.165, 1.54) is 0 Å². The maximum Gasteiger partial charge on any atom is 0.405 e. The van der Waals surface area contributed by atoms with Crippen molar-refractivity contribution in [2.45, 2.75) is 19.9 Å². The van der Waals surface area contributed by atoms with Gasteiger partial charge in [-0.3, -0.25) is 0 Å². The molecule has 0 spiro atoms. The molecule has 0 aliphatic rings. The van der Waals surface area contributed by atoms with E-state index >= 15 is 0 Å². The van der Waals surface area contributed by atoms with Gasteiger partial charge in [-0.2, -0.15) is 0 Å². The minimum atomic E-state index is -1.03. The van der Waals surface area contributed by atoms with E-state index in [1.807, 2.05) is 25.5 Å². The van der Waals surface area contributed by atoms with Gasteiger partial charge in [-0.15, -0.1) is 0 Å². The van der Waals surface area contributed by atoms with Crippen molar-refractivity contribution < 1.29 is 9.90 Å². The van der Waals surface area contributed by atoms with Gasteiger partial charge in [0.2, 0.25) is 0 Å². The molecule has 1 heterocycles. The first-order valence-corrected chi connectivity index (χ1v) is 5.39. The lowest BCUT2D eigenvalue weighted by atomic mass is 10.0. The van der Waals surface area contributed by atoms with Gasteiger partial charge in [-0.25, -0.2) is 9.78 Å². The summed E-state index contributed by atoms with van der Waals surface area (Å²) in [5, 5.41) is 11.2. The monoisotopic (exact) mass is 275 g/mol. The van der Waals surface area contributed by atoms with Gasteiger partial charge >= 0.3 is 6.09 Å². The molecule has 0 fully saturated rings. The number of amides is 1. The van der Waals surface area contributed by atoms with E-state index in [-0.39, 0.29) is 12.0 Å². The molecule has 1 rings (SSSR count). The van der Waals surface area contributed by atoms with E-state index < -0.39 is 6.09 Å². The fourth-order valence-electron chi connectivity index (χ4n) is 1.35. The first-order valence-electron chi connectivity index (χ1n) is 4.60. The Bertz CT molecular complexity index is 362. The molecule has 0 bridgehead atoms. The lowest BCUT2D eigenvalue weighted by Crippen LogP contribution is -2.32. The molecule has 0 aliphatic carbocycles. The van der Waals surface area contributed by atoms with E-state index in [9.17, 15) is 4.79 Å². The van der Waals surface area contributed by atoms with Crippen molar-refractivity contribution in [2.75, 3.05) is 0 Å². The summed E-state index contributed by atoms with van der Waals surface area (Å²) in [6.45, 7) is 3.90. The molecule has 1 amide bonds. The summed E-state index contributed by atoms with van der Waals surface area (Å²) >= 11 is 3.32. The van der Waals surface area contributed by atoms with Crippen molar-refractivity contribution in [1.29, 1.82) is 0 Å². The number of nitrogens with one attached hydrogen (secondary N) is 1. The summed E-state index contributed by atoms with van der Waals surface area (Å²) in [5.41, 5.74) is 0. The molecule has 84 valence electrons. The Kier molecular flexibility index (Phi) is 3.73. The van der Waals surface area contributed by atoms with Crippen LogP contribution in [0.4, 0.5) is 4.79 Å². The molecule has 2 N–H and O–H groups in total. The largest absolute Gasteiger partial charge is 0.465 e. The van der Waals surface area contributed by atoms with Crippen LogP contribution in [0, 0.1) is 5.92 Å². The lowest BCUT2D eigenvalue weighted by Gasteiger charge is -2.20. The number of aromatic nitrogens is 2. The van der Waals surface area contributed by atoms with Gasteiger partial charge in [0.05, 0.1) is 12.2 Å². The van der Waals surface area contributed by atoms with Crippen LogP contribution in [0.15, 0.2) is 10.8 Å². The fourth-order valence-corrected chi connectivity index (χ4v) is 1.64. The third-order valence-corrected chi connectivity index (χ3v) is 2.93. The van der Waals surface area contributed by atoms with Gasteiger partial charge < -0.3 is 15.0 Å². The number of rotatable bonds is 3. The third kappa shape index (κ3) is 2.71. The summed E-state index contributed by atoms with van der Waals surface area (Å²) in [5.74, 6) is 0.855. The second kappa shape index (κ2) is 4.65. The van der Waals surface area contributed by atoms with Crippen molar-refractivity contribution in [1.82, 2.24) is 14.9 Å². The second-order valence-electron chi connectivity index (χ2n) is 3.67.